The molecule has 0 spiro atoms. The highest BCUT2D eigenvalue weighted by Gasteiger charge is 2.34. The van der Waals surface area contributed by atoms with E-state index in [0.717, 1.165) is 50.1 Å². The summed E-state index contributed by atoms with van der Waals surface area (Å²) in [5.41, 5.74) is 2.73. The highest BCUT2D eigenvalue weighted by molar-refractivity contribution is 7.89. The zero-order valence-electron chi connectivity index (χ0n) is 16.1. The first-order valence-electron chi connectivity index (χ1n) is 9.40. The van der Waals surface area contributed by atoms with Crippen LogP contribution in [0.4, 0.5) is 5.69 Å². The Morgan fingerprint density at radius 1 is 1.11 bits per heavy atom. The molecular weight excluding hydrogens is 372 g/mol. The number of aryl methyl sites for hydroxylation is 1. The van der Waals surface area contributed by atoms with Crippen molar-refractivity contribution in [1.29, 1.82) is 5.26 Å². The van der Waals surface area contributed by atoms with Crippen molar-refractivity contribution in [3.05, 3.63) is 59.7 Å². The van der Waals surface area contributed by atoms with E-state index in [1.165, 1.54) is 5.56 Å². The van der Waals surface area contributed by atoms with Crippen molar-refractivity contribution in [2.24, 2.45) is 5.14 Å². The molecule has 1 heterocycles. The highest BCUT2D eigenvalue weighted by Crippen LogP contribution is 2.27. The number of nitrogens with two attached hydrogens (primary N) is 1. The molecule has 1 fully saturated rings. The molecule has 0 bridgehead atoms. The standard InChI is InChI=1S/C21H26N4O2S/c1-17-2-6-19(7-3-17)24-21(16-22)11-14-25(15-12-21)13-10-18-4-8-20(9-5-18)28(23,26)27/h2-9,24H,10-15H2,1H3,(H2,23,26,27). The zero-order valence-corrected chi connectivity index (χ0v) is 16.9. The summed E-state index contributed by atoms with van der Waals surface area (Å²) in [6, 6.07) is 17.3. The molecular formula is C21H26N4O2S. The van der Waals surface area contributed by atoms with Crippen molar-refractivity contribution >= 4 is 15.7 Å². The molecule has 2 aromatic carbocycles. The largest absolute Gasteiger partial charge is 0.367 e. The first kappa shape index (κ1) is 20.3. The average Bonchev–Trinajstić information content (AvgIpc) is 2.69. The maximum absolute atomic E-state index is 11.3. The second-order valence-corrected chi connectivity index (χ2v) is 9.03. The average molecular weight is 399 g/mol. The molecule has 0 aliphatic carbocycles. The topological polar surface area (TPSA) is 99.2 Å². The summed E-state index contributed by atoms with van der Waals surface area (Å²) in [5.74, 6) is 0. The molecule has 7 heteroatoms. The van der Waals surface area contributed by atoms with E-state index in [4.69, 9.17) is 5.14 Å². The molecule has 0 unspecified atom stereocenters. The smallest absolute Gasteiger partial charge is 0.238 e. The fourth-order valence-electron chi connectivity index (χ4n) is 3.47. The minimum absolute atomic E-state index is 0.134. The first-order valence-corrected chi connectivity index (χ1v) is 10.9. The summed E-state index contributed by atoms with van der Waals surface area (Å²) in [6.07, 6.45) is 2.36. The number of nitrogens with one attached hydrogen (secondary N) is 1. The van der Waals surface area contributed by atoms with E-state index in [2.05, 4.69) is 16.3 Å². The van der Waals surface area contributed by atoms with Crippen LogP contribution in [-0.4, -0.2) is 38.5 Å². The van der Waals surface area contributed by atoms with E-state index in [9.17, 15) is 13.7 Å². The number of hydrogen-bond acceptors (Lipinski definition) is 5. The van der Waals surface area contributed by atoms with Crippen molar-refractivity contribution in [2.75, 3.05) is 25.0 Å². The SMILES string of the molecule is Cc1ccc(NC2(C#N)CCN(CCc3ccc(S(N)(=O)=O)cc3)CC2)cc1. The predicted molar refractivity (Wildman–Crippen MR) is 110 cm³/mol. The van der Waals surface area contributed by atoms with Gasteiger partial charge in [0.15, 0.2) is 0 Å². The van der Waals surface area contributed by atoms with Crippen LogP contribution < -0.4 is 10.5 Å². The van der Waals surface area contributed by atoms with Crippen LogP contribution in [-0.2, 0) is 16.4 Å². The molecule has 0 aromatic heterocycles. The predicted octanol–water partition coefficient (Wildman–Crippen LogP) is 2.66. The van der Waals surface area contributed by atoms with Crippen molar-refractivity contribution in [3.63, 3.8) is 0 Å². The Kier molecular flexibility index (Phi) is 6.04. The van der Waals surface area contributed by atoms with Crippen LogP contribution in [0.2, 0.25) is 0 Å². The number of sulfonamides is 1. The number of anilines is 1. The molecule has 0 saturated carbocycles. The first-order chi connectivity index (χ1) is 13.3. The molecule has 148 valence electrons. The van der Waals surface area contributed by atoms with Gasteiger partial charge in [-0.15, -0.1) is 0 Å². The summed E-state index contributed by atoms with van der Waals surface area (Å²) < 4.78 is 22.6. The normalized spacial score (nSPS) is 17.0. The maximum atomic E-state index is 11.3. The Hall–Kier alpha value is -2.40. The van der Waals surface area contributed by atoms with Gasteiger partial charge in [0.05, 0.1) is 11.0 Å². The van der Waals surface area contributed by atoms with Crippen LogP contribution in [0.3, 0.4) is 0 Å². The van der Waals surface area contributed by atoms with Gasteiger partial charge in [0.25, 0.3) is 0 Å². The number of nitriles is 1. The lowest BCUT2D eigenvalue weighted by molar-refractivity contribution is 0.199. The quantitative estimate of drug-likeness (QED) is 0.779. The number of piperidine rings is 1. The number of nitrogens with zero attached hydrogens (tertiary/aromatic N) is 2. The number of hydrogen-bond donors (Lipinski definition) is 2. The molecule has 0 radical (unpaired) electrons. The minimum atomic E-state index is -3.65. The van der Waals surface area contributed by atoms with Crippen molar-refractivity contribution in [2.45, 2.75) is 36.6 Å². The Bertz CT molecular complexity index is 939. The molecule has 1 aliphatic rings. The molecule has 3 N–H and O–H groups in total. The van der Waals surface area contributed by atoms with E-state index in [1.54, 1.807) is 12.1 Å². The van der Waals surface area contributed by atoms with Gasteiger partial charge in [-0.25, -0.2) is 13.6 Å². The van der Waals surface area contributed by atoms with Gasteiger partial charge in [0.1, 0.15) is 5.54 Å². The third-order valence-corrected chi connectivity index (χ3v) is 6.26. The molecule has 3 rings (SSSR count). The second kappa shape index (κ2) is 8.31. The third-order valence-electron chi connectivity index (χ3n) is 5.33. The van der Waals surface area contributed by atoms with Crippen molar-refractivity contribution in [3.8, 4) is 6.07 Å². The molecule has 1 aliphatic heterocycles. The Morgan fingerprint density at radius 2 is 1.71 bits per heavy atom. The van der Waals surface area contributed by atoms with Gasteiger partial charge in [-0.3, -0.25) is 0 Å². The van der Waals surface area contributed by atoms with Gasteiger partial charge < -0.3 is 10.2 Å². The van der Waals surface area contributed by atoms with Crippen LogP contribution in [0.25, 0.3) is 0 Å². The lowest BCUT2D eigenvalue weighted by Gasteiger charge is -2.38. The van der Waals surface area contributed by atoms with Gasteiger partial charge in [0, 0.05) is 25.3 Å². The molecule has 28 heavy (non-hydrogen) atoms. The minimum Gasteiger partial charge on any atom is -0.367 e. The van der Waals surface area contributed by atoms with Crippen molar-refractivity contribution < 1.29 is 8.42 Å². The molecule has 2 aromatic rings. The van der Waals surface area contributed by atoms with Gasteiger partial charge in [-0.05, 0) is 56.0 Å². The number of primary sulfonamides is 1. The monoisotopic (exact) mass is 398 g/mol. The van der Waals surface area contributed by atoms with Gasteiger partial charge >= 0.3 is 0 Å². The summed E-state index contributed by atoms with van der Waals surface area (Å²) in [7, 11) is -3.65. The van der Waals surface area contributed by atoms with E-state index >= 15 is 0 Å². The molecule has 1 saturated heterocycles. The molecule has 0 amide bonds. The molecule has 6 nitrogen and oxygen atoms in total. The van der Waals surface area contributed by atoms with Crippen LogP contribution in [0.5, 0.6) is 0 Å². The van der Waals surface area contributed by atoms with Crippen LogP contribution in [0.1, 0.15) is 24.0 Å². The third kappa shape index (κ3) is 5.10. The van der Waals surface area contributed by atoms with Crippen LogP contribution >= 0.6 is 0 Å². The number of likely N-dealkylation sites (tertiary alicyclic amines) is 1. The summed E-state index contributed by atoms with van der Waals surface area (Å²) in [6.45, 7) is 4.62. The highest BCUT2D eigenvalue weighted by atomic mass is 32.2. The fourth-order valence-corrected chi connectivity index (χ4v) is 3.98. The lowest BCUT2D eigenvalue weighted by atomic mass is 9.88. The Morgan fingerprint density at radius 3 is 2.25 bits per heavy atom. The summed E-state index contributed by atoms with van der Waals surface area (Å²) in [4.78, 5) is 2.48. The Balaban J connectivity index is 1.53. The van der Waals surface area contributed by atoms with E-state index in [0.29, 0.717) is 0 Å². The van der Waals surface area contributed by atoms with Gasteiger partial charge in [0.2, 0.25) is 10.0 Å². The van der Waals surface area contributed by atoms with E-state index < -0.39 is 15.6 Å². The van der Waals surface area contributed by atoms with E-state index in [-0.39, 0.29) is 4.90 Å². The summed E-state index contributed by atoms with van der Waals surface area (Å²) >= 11 is 0. The van der Waals surface area contributed by atoms with Crippen molar-refractivity contribution in [1.82, 2.24) is 4.90 Å². The maximum Gasteiger partial charge on any atom is 0.238 e. The second-order valence-electron chi connectivity index (χ2n) is 7.47. The zero-order chi connectivity index (χ0) is 20.2. The van der Waals surface area contributed by atoms with Gasteiger partial charge in [-0.1, -0.05) is 29.8 Å². The summed E-state index contributed by atoms with van der Waals surface area (Å²) in [5, 5.41) is 18.3. The fraction of sp³-hybridized carbons (Fsp3) is 0.381. The van der Waals surface area contributed by atoms with Crippen LogP contribution in [0, 0.1) is 18.3 Å². The molecule has 0 atom stereocenters. The number of benzene rings is 2. The van der Waals surface area contributed by atoms with E-state index in [1.807, 2.05) is 43.3 Å². The number of rotatable bonds is 6. The Labute approximate surface area is 167 Å². The lowest BCUT2D eigenvalue weighted by Crippen LogP contribution is -2.48. The van der Waals surface area contributed by atoms with Gasteiger partial charge in [-0.2, -0.15) is 5.26 Å². The van der Waals surface area contributed by atoms with Crippen LogP contribution in [0.15, 0.2) is 53.4 Å².